The molecular weight excluding hydrogens is 278 g/mol. The third kappa shape index (κ3) is 2.05. The Balaban J connectivity index is 2.04. The van der Waals surface area contributed by atoms with Gasteiger partial charge in [0.15, 0.2) is 5.58 Å². The third-order valence-corrected chi connectivity index (χ3v) is 3.85. The molecule has 2 aromatic heterocycles. The Morgan fingerprint density at radius 3 is 2.85 bits per heavy atom. The van der Waals surface area contributed by atoms with Crippen molar-refractivity contribution < 1.29 is 14.3 Å². The third-order valence-electron chi connectivity index (χ3n) is 2.84. The van der Waals surface area contributed by atoms with Gasteiger partial charge in [0.1, 0.15) is 16.1 Å². The Hall–Kier alpha value is -2.28. The summed E-state index contributed by atoms with van der Waals surface area (Å²) in [4.78, 5) is 15.6. The van der Waals surface area contributed by atoms with Crippen LogP contribution in [0.4, 0.5) is 0 Å². The molecule has 0 spiro atoms. The Morgan fingerprint density at radius 1 is 1.40 bits per heavy atom. The summed E-state index contributed by atoms with van der Waals surface area (Å²) in [6.07, 6.45) is 0. The number of nitrogens with zero attached hydrogens (tertiary/aromatic N) is 3. The number of benzene rings is 1. The largest absolute Gasteiger partial charge is 0.478 e. The van der Waals surface area contributed by atoms with Crippen LogP contribution in [0.25, 0.3) is 11.1 Å². The average Bonchev–Trinajstić information content (AvgIpc) is 2.90. The molecule has 0 aliphatic rings. The Bertz CT molecular complexity index is 773. The first kappa shape index (κ1) is 12.7. The van der Waals surface area contributed by atoms with Gasteiger partial charge in [0.05, 0.1) is 5.69 Å². The highest BCUT2D eigenvalue weighted by Crippen LogP contribution is 2.32. The second-order valence-electron chi connectivity index (χ2n) is 4.24. The van der Waals surface area contributed by atoms with E-state index >= 15 is 0 Å². The summed E-state index contributed by atoms with van der Waals surface area (Å²) in [6.45, 7) is 1.67. The number of hydrogen-bond acceptors (Lipinski definition) is 5. The number of carboxylic acids is 1. The topological polar surface area (TPSA) is 81.2 Å². The standard InChI is InChI=1S/C13H11N3O3S/c1-7-10(12(17)18)11(16(2)15-7)20-13-14-8-5-3-4-6-9(8)19-13/h3-6H,1-2H3,(H,17,18). The van der Waals surface area contributed by atoms with Crippen LogP contribution in [0, 0.1) is 6.92 Å². The smallest absolute Gasteiger partial charge is 0.340 e. The fraction of sp³-hybridized carbons (Fsp3) is 0.154. The van der Waals surface area contributed by atoms with E-state index in [4.69, 9.17) is 4.42 Å². The maximum atomic E-state index is 11.3. The van der Waals surface area contributed by atoms with E-state index < -0.39 is 5.97 Å². The average molecular weight is 289 g/mol. The predicted octanol–water partition coefficient (Wildman–Crippen LogP) is 2.72. The first-order valence-electron chi connectivity index (χ1n) is 5.86. The van der Waals surface area contributed by atoms with E-state index in [0.29, 0.717) is 21.5 Å². The molecule has 0 bridgehead atoms. The molecule has 102 valence electrons. The summed E-state index contributed by atoms with van der Waals surface area (Å²) in [6, 6.07) is 7.39. The van der Waals surface area contributed by atoms with Crippen molar-refractivity contribution in [1.29, 1.82) is 0 Å². The normalized spacial score (nSPS) is 11.1. The number of aryl methyl sites for hydroxylation is 2. The summed E-state index contributed by atoms with van der Waals surface area (Å²) in [5.74, 6) is -1.01. The molecule has 0 amide bonds. The predicted molar refractivity (Wildman–Crippen MR) is 73.0 cm³/mol. The molecule has 6 nitrogen and oxygen atoms in total. The van der Waals surface area contributed by atoms with E-state index in [1.165, 1.54) is 4.68 Å². The number of aromatic carboxylic acids is 1. The highest BCUT2D eigenvalue weighted by Gasteiger charge is 2.22. The zero-order valence-electron chi connectivity index (χ0n) is 10.8. The van der Waals surface area contributed by atoms with Gasteiger partial charge in [-0.05, 0) is 30.8 Å². The van der Waals surface area contributed by atoms with Gasteiger partial charge in [-0.2, -0.15) is 5.10 Å². The van der Waals surface area contributed by atoms with Gasteiger partial charge in [-0.1, -0.05) is 12.1 Å². The number of hydrogen-bond donors (Lipinski definition) is 1. The van der Waals surface area contributed by atoms with Crippen LogP contribution in [-0.4, -0.2) is 25.8 Å². The first-order valence-corrected chi connectivity index (χ1v) is 6.68. The van der Waals surface area contributed by atoms with Gasteiger partial charge >= 0.3 is 5.97 Å². The molecule has 0 radical (unpaired) electrons. The molecule has 3 aromatic rings. The minimum atomic E-state index is -1.01. The molecule has 0 aliphatic carbocycles. The molecule has 1 N–H and O–H groups in total. The van der Waals surface area contributed by atoms with E-state index in [1.54, 1.807) is 14.0 Å². The van der Waals surface area contributed by atoms with Gasteiger partial charge in [0.25, 0.3) is 5.22 Å². The molecule has 7 heteroatoms. The number of carboxylic acid groups (broad SMARTS) is 1. The van der Waals surface area contributed by atoms with Gasteiger partial charge in [-0.25, -0.2) is 9.78 Å². The van der Waals surface area contributed by atoms with Crippen molar-refractivity contribution in [3.05, 3.63) is 35.5 Å². The SMILES string of the molecule is Cc1nn(C)c(Sc2nc3ccccc3o2)c1C(=O)O. The molecule has 20 heavy (non-hydrogen) atoms. The van der Waals surface area contributed by atoms with Crippen LogP contribution in [0.5, 0.6) is 0 Å². The number of carbonyl (C=O) groups is 1. The van der Waals surface area contributed by atoms with Gasteiger partial charge in [-0.15, -0.1) is 0 Å². The van der Waals surface area contributed by atoms with Crippen LogP contribution in [-0.2, 0) is 7.05 Å². The molecule has 0 saturated heterocycles. The van der Waals surface area contributed by atoms with Gasteiger partial charge < -0.3 is 9.52 Å². The van der Waals surface area contributed by atoms with E-state index in [9.17, 15) is 9.90 Å². The molecule has 0 aliphatic heterocycles. The number of fused-ring (bicyclic) bond motifs is 1. The lowest BCUT2D eigenvalue weighted by atomic mass is 10.3. The Kier molecular flexibility index (Phi) is 2.98. The minimum absolute atomic E-state index is 0.180. The summed E-state index contributed by atoms with van der Waals surface area (Å²) < 4.78 is 7.11. The number of oxazole rings is 1. The second-order valence-corrected chi connectivity index (χ2v) is 5.18. The zero-order valence-corrected chi connectivity index (χ0v) is 11.6. The molecule has 0 atom stereocenters. The van der Waals surface area contributed by atoms with Crippen LogP contribution in [0.3, 0.4) is 0 Å². The van der Waals surface area contributed by atoms with Gasteiger partial charge in [-0.3, -0.25) is 4.68 Å². The van der Waals surface area contributed by atoms with Crippen molar-refractivity contribution in [1.82, 2.24) is 14.8 Å². The highest BCUT2D eigenvalue weighted by atomic mass is 32.2. The second kappa shape index (κ2) is 4.68. The van der Waals surface area contributed by atoms with Crippen LogP contribution < -0.4 is 0 Å². The molecular formula is C13H11N3O3S. The van der Waals surface area contributed by atoms with Crippen molar-refractivity contribution in [2.45, 2.75) is 17.2 Å². The highest BCUT2D eigenvalue weighted by molar-refractivity contribution is 7.99. The van der Waals surface area contributed by atoms with Gasteiger partial charge in [0, 0.05) is 7.05 Å². The van der Waals surface area contributed by atoms with E-state index in [0.717, 1.165) is 17.3 Å². The van der Waals surface area contributed by atoms with Crippen molar-refractivity contribution in [3.63, 3.8) is 0 Å². The van der Waals surface area contributed by atoms with Crippen molar-refractivity contribution >= 4 is 28.8 Å². The fourth-order valence-electron chi connectivity index (χ4n) is 1.98. The lowest BCUT2D eigenvalue weighted by Gasteiger charge is -1.99. The zero-order chi connectivity index (χ0) is 14.3. The van der Waals surface area contributed by atoms with Gasteiger partial charge in [0.2, 0.25) is 0 Å². The number of para-hydroxylation sites is 2. The minimum Gasteiger partial charge on any atom is -0.478 e. The number of aromatic nitrogens is 3. The lowest BCUT2D eigenvalue weighted by Crippen LogP contribution is -2.00. The fourth-order valence-corrected chi connectivity index (χ4v) is 2.93. The van der Waals surface area contributed by atoms with Crippen LogP contribution in [0.15, 0.2) is 38.9 Å². The Morgan fingerprint density at radius 2 is 2.15 bits per heavy atom. The number of rotatable bonds is 3. The van der Waals surface area contributed by atoms with Crippen LogP contribution in [0.2, 0.25) is 0 Å². The molecule has 1 aromatic carbocycles. The summed E-state index contributed by atoms with van der Waals surface area (Å²) in [7, 11) is 1.70. The van der Waals surface area contributed by atoms with Crippen molar-refractivity contribution in [3.8, 4) is 0 Å². The van der Waals surface area contributed by atoms with Crippen LogP contribution >= 0.6 is 11.8 Å². The Labute approximate surface area is 118 Å². The maximum absolute atomic E-state index is 11.3. The van der Waals surface area contributed by atoms with E-state index in [1.807, 2.05) is 24.3 Å². The van der Waals surface area contributed by atoms with Crippen molar-refractivity contribution in [2.24, 2.45) is 7.05 Å². The quantitative estimate of drug-likeness (QED) is 0.798. The molecule has 0 saturated carbocycles. The van der Waals surface area contributed by atoms with E-state index in [2.05, 4.69) is 10.1 Å². The first-order chi connectivity index (χ1) is 9.56. The van der Waals surface area contributed by atoms with E-state index in [-0.39, 0.29) is 5.56 Å². The maximum Gasteiger partial charge on any atom is 0.340 e. The summed E-state index contributed by atoms with van der Waals surface area (Å²) in [5, 5.41) is 14.3. The summed E-state index contributed by atoms with van der Waals surface area (Å²) >= 11 is 1.16. The molecule has 3 rings (SSSR count). The monoisotopic (exact) mass is 289 g/mol. The lowest BCUT2D eigenvalue weighted by molar-refractivity contribution is 0.0692. The van der Waals surface area contributed by atoms with Crippen LogP contribution in [0.1, 0.15) is 16.1 Å². The summed E-state index contributed by atoms with van der Waals surface area (Å²) in [5.41, 5.74) is 2.06. The molecule has 2 heterocycles. The molecule has 0 unspecified atom stereocenters. The molecule has 0 fully saturated rings. The van der Waals surface area contributed by atoms with Crippen molar-refractivity contribution in [2.75, 3.05) is 0 Å².